The van der Waals surface area contributed by atoms with Gasteiger partial charge in [0.1, 0.15) is 11.4 Å². The van der Waals surface area contributed by atoms with E-state index in [0.717, 1.165) is 11.3 Å². The lowest BCUT2D eigenvalue weighted by atomic mass is 10.3. The molecule has 18 heavy (non-hydrogen) atoms. The molecule has 7 nitrogen and oxygen atoms in total. The Morgan fingerprint density at radius 1 is 1.67 bits per heavy atom. The first-order chi connectivity index (χ1) is 8.48. The molecule has 0 aliphatic heterocycles. The number of aromatic nitrogens is 1. The molecule has 2 N–H and O–H groups in total. The molecule has 0 bridgehead atoms. The quantitative estimate of drug-likeness (QED) is 0.339. The molecule has 0 radical (unpaired) electrons. The first-order valence-electron chi connectivity index (χ1n) is 5.21. The van der Waals surface area contributed by atoms with E-state index in [1.807, 2.05) is 0 Å². The standard InChI is InChI=1S/C9H15N3O4S2/c1-3-16-4-5-18(14,15)12-9-10-8(6-17-9)7(2)11-13/h6,13H,3-5H2,1-2H3,(H,10,12). The van der Waals surface area contributed by atoms with Crippen LogP contribution in [-0.2, 0) is 14.8 Å². The van der Waals surface area contributed by atoms with E-state index in [1.54, 1.807) is 19.2 Å². The number of oxime groups is 1. The van der Waals surface area contributed by atoms with Gasteiger partial charge in [0.25, 0.3) is 0 Å². The molecule has 0 aliphatic rings. The van der Waals surface area contributed by atoms with E-state index in [-0.39, 0.29) is 17.5 Å². The first-order valence-corrected chi connectivity index (χ1v) is 7.74. The monoisotopic (exact) mass is 293 g/mol. The lowest BCUT2D eigenvalue weighted by Crippen LogP contribution is -2.20. The van der Waals surface area contributed by atoms with Crippen LogP contribution < -0.4 is 4.72 Å². The summed E-state index contributed by atoms with van der Waals surface area (Å²) >= 11 is 1.13. The van der Waals surface area contributed by atoms with Crippen LogP contribution in [0.15, 0.2) is 10.5 Å². The van der Waals surface area contributed by atoms with Crippen molar-refractivity contribution in [1.29, 1.82) is 0 Å². The average Bonchev–Trinajstić information content (AvgIpc) is 2.75. The fourth-order valence-corrected chi connectivity index (χ4v) is 2.96. The summed E-state index contributed by atoms with van der Waals surface area (Å²) in [4.78, 5) is 3.99. The Morgan fingerprint density at radius 3 is 3.00 bits per heavy atom. The van der Waals surface area contributed by atoms with Crippen LogP contribution in [0.2, 0.25) is 0 Å². The van der Waals surface area contributed by atoms with Gasteiger partial charge in [0.05, 0.1) is 12.4 Å². The summed E-state index contributed by atoms with van der Waals surface area (Å²) < 4.78 is 30.6. The van der Waals surface area contributed by atoms with Gasteiger partial charge in [-0.15, -0.1) is 11.3 Å². The lowest BCUT2D eigenvalue weighted by Gasteiger charge is -2.04. The van der Waals surface area contributed by atoms with Gasteiger partial charge in [0.2, 0.25) is 10.0 Å². The number of hydrogen-bond acceptors (Lipinski definition) is 7. The molecule has 1 aromatic rings. The summed E-state index contributed by atoms with van der Waals surface area (Å²) in [5.41, 5.74) is 0.760. The van der Waals surface area contributed by atoms with Crippen molar-refractivity contribution in [3.05, 3.63) is 11.1 Å². The number of nitrogens with zero attached hydrogens (tertiary/aromatic N) is 2. The third-order valence-corrected chi connectivity index (χ3v) is 4.06. The highest BCUT2D eigenvalue weighted by Crippen LogP contribution is 2.17. The van der Waals surface area contributed by atoms with Crippen LogP contribution in [0.5, 0.6) is 0 Å². The highest BCUT2D eigenvalue weighted by atomic mass is 32.2. The van der Waals surface area contributed by atoms with Crippen molar-refractivity contribution >= 4 is 32.2 Å². The molecule has 9 heteroatoms. The number of hydrogen-bond donors (Lipinski definition) is 2. The number of thiazole rings is 1. The third kappa shape index (κ3) is 4.59. The Labute approximate surface area is 110 Å². The molecule has 0 aliphatic carbocycles. The van der Waals surface area contributed by atoms with Crippen LogP contribution in [0, 0.1) is 0 Å². The van der Waals surface area contributed by atoms with Gasteiger partial charge in [-0.25, -0.2) is 13.4 Å². The van der Waals surface area contributed by atoms with Crippen molar-refractivity contribution < 1.29 is 18.4 Å². The van der Waals surface area contributed by atoms with Crippen molar-refractivity contribution in [1.82, 2.24) is 4.98 Å². The second kappa shape index (κ2) is 6.66. The van der Waals surface area contributed by atoms with Crippen molar-refractivity contribution in [2.24, 2.45) is 5.16 Å². The topological polar surface area (TPSA) is 101 Å². The zero-order valence-corrected chi connectivity index (χ0v) is 11.7. The van der Waals surface area contributed by atoms with Gasteiger partial charge >= 0.3 is 0 Å². The number of anilines is 1. The lowest BCUT2D eigenvalue weighted by molar-refractivity contribution is 0.163. The second-order valence-corrected chi connectivity index (χ2v) is 6.04. The molecule has 0 aromatic carbocycles. The fraction of sp³-hybridized carbons (Fsp3) is 0.556. The van der Waals surface area contributed by atoms with Gasteiger partial charge < -0.3 is 9.94 Å². The van der Waals surface area contributed by atoms with Crippen LogP contribution in [-0.4, -0.2) is 43.3 Å². The van der Waals surface area contributed by atoms with Crippen molar-refractivity contribution in [3.63, 3.8) is 0 Å². The Balaban J connectivity index is 2.64. The second-order valence-electron chi connectivity index (χ2n) is 3.34. The van der Waals surface area contributed by atoms with Crippen LogP contribution in [0.3, 0.4) is 0 Å². The molecular weight excluding hydrogens is 278 g/mol. The number of sulfonamides is 1. The Kier molecular flexibility index (Phi) is 5.51. The van der Waals surface area contributed by atoms with Crippen molar-refractivity contribution in [3.8, 4) is 0 Å². The molecule has 0 unspecified atom stereocenters. The van der Waals surface area contributed by atoms with E-state index in [1.165, 1.54) is 0 Å². The first kappa shape index (κ1) is 14.9. The number of ether oxygens (including phenoxy) is 1. The Hall–Kier alpha value is -1.19. The maximum absolute atomic E-state index is 11.6. The summed E-state index contributed by atoms with van der Waals surface area (Å²) in [7, 11) is -3.46. The molecular formula is C9H15N3O4S2. The highest BCUT2D eigenvalue weighted by Gasteiger charge is 2.13. The van der Waals surface area contributed by atoms with E-state index in [4.69, 9.17) is 9.94 Å². The SMILES string of the molecule is CCOCCS(=O)(=O)Nc1nc(C(C)=NO)cs1. The van der Waals surface area contributed by atoms with Crippen LogP contribution in [0.4, 0.5) is 5.13 Å². The van der Waals surface area contributed by atoms with Gasteiger partial charge in [0.15, 0.2) is 5.13 Å². The summed E-state index contributed by atoms with van der Waals surface area (Å²) in [6.45, 7) is 3.98. The minimum absolute atomic E-state index is 0.122. The predicted octanol–water partition coefficient (Wildman–Crippen LogP) is 1.12. The van der Waals surface area contributed by atoms with E-state index in [2.05, 4.69) is 14.9 Å². The third-order valence-electron chi connectivity index (χ3n) is 1.97. The largest absolute Gasteiger partial charge is 0.411 e. The molecule has 1 aromatic heterocycles. The fourth-order valence-electron chi connectivity index (χ4n) is 1.04. The summed E-state index contributed by atoms with van der Waals surface area (Å²) in [6.07, 6.45) is 0. The van der Waals surface area contributed by atoms with Crippen LogP contribution >= 0.6 is 11.3 Å². The predicted molar refractivity (Wildman–Crippen MR) is 70.0 cm³/mol. The van der Waals surface area contributed by atoms with E-state index >= 15 is 0 Å². The van der Waals surface area contributed by atoms with Crippen LogP contribution in [0.25, 0.3) is 0 Å². The van der Waals surface area contributed by atoms with E-state index < -0.39 is 10.0 Å². The van der Waals surface area contributed by atoms with Gasteiger partial charge in [-0.1, -0.05) is 5.16 Å². The molecule has 0 amide bonds. The van der Waals surface area contributed by atoms with Crippen molar-refractivity contribution in [2.45, 2.75) is 13.8 Å². The Morgan fingerprint density at radius 2 is 2.39 bits per heavy atom. The number of rotatable bonds is 7. The molecule has 1 heterocycles. The molecule has 0 spiro atoms. The van der Waals surface area contributed by atoms with Gasteiger partial charge in [-0.2, -0.15) is 0 Å². The summed E-state index contributed by atoms with van der Waals surface area (Å²) in [6, 6.07) is 0. The Bertz CT molecular complexity index is 510. The van der Waals surface area contributed by atoms with E-state index in [9.17, 15) is 8.42 Å². The highest BCUT2D eigenvalue weighted by molar-refractivity contribution is 7.92. The minimum atomic E-state index is -3.46. The normalized spacial score (nSPS) is 12.7. The minimum Gasteiger partial charge on any atom is -0.411 e. The number of nitrogens with one attached hydrogen (secondary N) is 1. The average molecular weight is 293 g/mol. The van der Waals surface area contributed by atoms with Gasteiger partial charge in [-0.3, -0.25) is 4.72 Å². The summed E-state index contributed by atoms with van der Waals surface area (Å²) in [5.74, 6) is -0.122. The van der Waals surface area contributed by atoms with Crippen molar-refractivity contribution in [2.75, 3.05) is 23.7 Å². The zero-order valence-electron chi connectivity index (χ0n) is 10.1. The molecule has 1 rings (SSSR count). The maximum Gasteiger partial charge on any atom is 0.236 e. The molecule has 0 saturated heterocycles. The molecule has 0 atom stereocenters. The smallest absolute Gasteiger partial charge is 0.236 e. The zero-order chi connectivity index (χ0) is 13.6. The van der Waals surface area contributed by atoms with Crippen LogP contribution in [0.1, 0.15) is 19.5 Å². The van der Waals surface area contributed by atoms with Gasteiger partial charge in [-0.05, 0) is 13.8 Å². The van der Waals surface area contributed by atoms with E-state index in [0.29, 0.717) is 18.0 Å². The molecule has 102 valence electrons. The van der Waals surface area contributed by atoms with Gasteiger partial charge in [0, 0.05) is 12.0 Å². The molecule has 0 fully saturated rings. The molecule has 0 saturated carbocycles. The summed E-state index contributed by atoms with van der Waals surface area (Å²) in [5, 5.41) is 13.4. The maximum atomic E-state index is 11.6.